The van der Waals surface area contributed by atoms with E-state index in [0.717, 1.165) is 5.75 Å². The molecular formula is C12H14N4OS. The minimum absolute atomic E-state index is 0.0762. The SMILES string of the molecule is C[C@H](SCc1ccccc1)C(=O)Nc1ncn[nH]1. The maximum atomic E-state index is 11.8. The molecule has 0 aliphatic carbocycles. The molecule has 0 aliphatic rings. The molecule has 0 fully saturated rings. The van der Waals surface area contributed by atoms with Crippen LogP contribution in [0.15, 0.2) is 36.7 Å². The summed E-state index contributed by atoms with van der Waals surface area (Å²) in [7, 11) is 0. The lowest BCUT2D eigenvalue weighted by molar-refractivity contribution is -0.115. The van der Waals surface area contributed by atoms with Gasteiger partial charge < -0.3 is 0 Å². The molecule has 6 heteroatoms. The van der Waals surface area contributed by atoms with Crippen LogP contribution in [-0.2, 0) is 10.5 Å². The van der Waals surface area contributed by atoms with Crippen molar-refractivity contribution in [1.29, 1.82) is 0 Å². The predicted octanol–water partition coefficient (Wildman–Crippen LogP) is 2.07. The first kappa shape index (κ1) is 12.6. The second kappa shape index (κ2) is 6.20. The lowest BCUT2D eigenvalue weighted by atomic mass is 10.2. The Morgan fingerprint density at radius 1 is 1.44 bits per heavy atom. The molecule has 1 aromatic carbocycles. The largest absolute Gasteiger partial charge is 0.294 e. The van der Waals surface area contributed by atoms with E-state index in [0.29, 0.717) is 5.95 Å². The molecule has 0 unspecified atom stereocenters. The zero-order valence-corrected chi connectivity index (χ0v) is 10.8. The molecule has 2 N–H and O–H groups in total. The summed E-state index contributed by atoms with van der Waals surface area (Å²) in [4.78, 5) is 15.7. The highest BCUT2D eigenvalue weighted by Gasteiger charge is 2.14. The highest BCUT2D eigenvalue weighted by Crippen LogP contribution is 2.18. The second-order valence-electron chi connectivity index (χ2n) is 3.76. The van der Waals surface area contributed by atoms with Crippen LogP contribution in [0.1, 0.15) is 12.5 Å². The van der Waals surface area contributed by atoms with Crippen molar-refractivity contribution in [3.05, 3.63) is 42.2 Å². The van der Waals surface area contributed by atoms with Gasteiger partial charge >= 0.3 is 0 Å². The van der Waals surface area contributed by atoms with Gasteiger partial charge in [-0.25, -0.2) is 5.10 Å². The summed E-state index contributed by atoms with van der Waals surface area (Å²) < 4.78 is 0. The van der Waals surface area contributed by atoms with Crippen molar-refractivity contribution >= 4 is 23.6 Å². The van der Waals surface area contributed by atoms with Gasteiger partial charge in [0.15, 0.2) is 0 Å². The summed E-state index contributed by atoms with van der Waals surface area (Å²) >= 11 is 1.59. The molecule has 2 rings (SSSR count). The van der Waals surface area contributed by atoms with Crippen molar-refractivity contribution in [2.45, 2.75) is 17.9 Å². The third kappa shape index (κ3) is 3.59. The number of anilines is 1. The van der Waals surface area contributed by atoms with Crippen LogP contribution in [0.3, 0.4) is 0 Å². The third-order valence-corrected chi connectivity index (χ3v) is 3.58. The molecule has 1 atom stereocenters. The molecule has 5 nitrogen and oxygen atoms in total. The molecule has 0 radical (unpaired) electrons. The number of carbonyl (C=O) groups excluding carboxylic acids is 1. The maximum absolute atomic E-state index is 11.8. The van der Waals surface area contributed by atoms with Crippen molar-refractivity contribution in [2.75, 3.05) is 5.32 Å². The molecule has 1 amide bonds. The molecule has 0 saturated carbocycles. The van der Waals surface area contributed by atoms with Gasteiger partial charge in [-0.15, -0.1) is 11.8 Å². The molecule has 1 aromatic heterocycles. The van der Waals surface area contributed by atoms with Gasteiger partial charge in [0.2, 0.25) is 11.9 Å². The van der Waals surface area contributed by atoms with Crippen molar-refractivity contribution in [3.8, 4) is 0 Å². The van der Waals surface area contributed by atoms with Gasteiger partial charge in [0.25, 0.3) is 0 Å². The number of aromatic amines is 1. The van der Waals surface area contributed by atoms with Crippen molar-refractivity contribution in [3.63, 3.8) is 0 Å². The van der Waals surface area contributed by atoms with Crippen molar-refractivity contribution in [1.82, 2.24) is 15.2 Å². The Kier molecular flexibility index (Phi) is 4.35. The molecule has 0 spiro atoms. The summed E-state index contributed by atoms with van der Waals surface area (Å²) in [6.45, 7) is 1.87. The lowest BCUT2D eigenvalue weighted by Gasteiger charge is -2.10. The number of nitrogens with one attached hydrogen (secondary N) is 2. The maximum Gasteiger partial charge on any atom is 0.239 e. The van der Waals surface area contributed by atoms with Gasteiger partial charge in [-0.1, -0.05) is 30.3 Å². The lowest BCUT2D eigenvalue weighted by Crippen LogP contribution is -2.23. The van der Waals surface area contributed by atoms with Crippen LogP contribution in [0.2, 0.25) is 0 Å². The minimum atomic E-state index is -0.143. The molecule has 1 heterocycles. The van der Waals surface area contributed by atoms with Crippen LogP contribution in [0, 0.1) is 0 Å². The standard InChI is InChI=1S/C12H14N4OS/c1-9(11(17)15-12-13-8-14-16-12)18-7-10-5-3-2-4-6-10/h2-6,8-9H,7H2,1H3,(H2,13,14,15,16,17)/t9-/m0/s1. The van der Waals surface area contributed by atoms with E-state index in [2.05, 4.69) is 20.5 Å². The number of H-pyrrole nitrogens is 1. The summed E-state index contributed by atoms with van der Waals surface area (Å²) in [6, 6.07) is 10.1. The Hall–Kier alpha value is -1.82. The average Bonchev–Trinajstić information content (AvgIpc) is 2.90. The van der Waals surface area contributed by atoms with Gasteiger partial charge in [0, 0.05) is 5.75 Å². The monoisotopic (exact) mass is 262 g/mol. The molecule has 2 aromatic rings. The zero-order valence-electron chi connectivity index (χ0n) is 9.96. The quantitative estimate of drug-likeness (QED) is 0.865. The Bertz CT molecular complexity index is 486. The second-order valence-corrected chi connectivity index (χ2v) is 5.09. The van der Waals surface area contributed by atoms with E-state index in [1.54, 1.807) is 11.8 Å². The van der Waals surface area contributed by atoms with Crippen LogP contribution in [0.25, 0.3) is 0 Å². The number of aromatic nitrogens is 3. The fourth-order valence-electron chi connectivity index (χ4n) is 1.36. The summed E-state index contributed by atoms with van der Waals surface area (Å²) in [5.41, 5.74) is 1.21. The van der Waals surface area contributed by atoms with E-state index in [-0.39, 0.29) is 11.2 Å². The average molecular weight is 262 g/mol. The van der Waals surface area contributed by atoms with Crippen LogP contribution in [0.5, 0.6) is 0 Å². The van der Waals surface area contributed by atoms with Crippen molar-refractivity contribution in [2.24, 2.45) is 0 Å². The zero-order chi connectivity index (χ0) is 12.8. The molecule has 94 valence electrons. The number of nitrogens with zero attached hydrogens (tertiary/aromatic N) is 2. The van der Waals surface area contributed by atoms with Crippen LogP contribution < -0.4 is 5.32 Å². The Morgan fingerprint density at radius 3 is 2.89 bits per heavy atom. The molecule has 18 heavy (non-hydrogen) atoms. The van der Waals surface area contributed by atoms with E-state index >= 15 is 0 Å². The van der Waals surface area contributed by atoms with Crippen LogP contribution in [-0.4, -0.2) is 26.3 Å². The Balaban J connectivity index is 1.81. The summed E-state index contributed by atoms with van der Waals surface area (Å²) in [6.07, 6.45) is 1.36. The van der Waals surface area contributed by atoms with Gasteiger partial charge in [0.1, 0.15) is 6.33 Å². The third-order valence-electron chi connectivity index (χ3n) is 2.37. The fraction of sp³-hybridized carbons (Fsp3) is 0.250. The number of carbonyl (C=O) groups is 1. The number of hydrogen-bond donors (Lipinski definition) is 2. The minimum Gasteiger partial charge on any atom is -0.294 e. The Morgan fingerprint density at radius 2 is 2.22 bits per heavy atom. The molecule has 0 aliphatic heterocycles. The van der Waals surface area contributed by atoms with E-state index in [4.69, 9.17) is 0 Å². The number of benzene rings is 1. The highest BCUT2D eigenvalue weighted by molar-refractivity contribution is 7.99. The first-order valence-corrected chi connectivity index (χ1v) is 6.62. The number of amides is 1. The summed E-state index contributed by atoms with van der Waals surface area (Å²) in [5, 5.41) is 8.79. The van der Waals surface area contributed by atoms with Crippen LogP contribution >= 0.6 is 11.8 Å². The van der Waals surface area contributed by atoms with E-state index in [1.807, 2.05) is 37.3 Å². The Labute approximate surface area is 109 Å². The molecule has 0 saturated heterocycles. The van der Waals surface area contributed by atoms with Gasteiger partial charge in [-0.3, -0.25) is 10.1 Å². The van der Waals surface area contributed by atoms with Gasteiger partial charge in [-0.2, -0.15) is 10.1 Å². The molecular weight excluding hydrogens is 248 g/mol. The first-order valence-electron chi connectivity index (χ1n) is 5.57. The van der Waals surface area contributed by atoms with Gasteiger partial charge in [-0.05, 0) is 12.5 Å². The van der Waals surface area contributed by atoms with Gasteiger partial charge in [0.05, 0.1) is 5.25 Å². The van der Waals surface area contributed by atoms with Crippen LogP contribution in [0.4, 0.5) is 5.95 Å². The first-order chi connectivity index (χ1) is 8.75. The number of thioether (sulfide) groups is 1. The topological polar surface area (TPSA) is 70.7 Å². The normalized spacial score (nSPS) is 12.1. The predicted molar refractivity (Wildman–Crippen MR) is 72.2 cm³/mol. The fourth-order valence-corrected chi connectivity index (χ4v) is 2.20. The number of hydrogen-bond acceptors (Lipinski definition) is 4. The highest BCUT2D eigenvalue weighted by atomic mass is 32.2. The summed E-state index contributed by atoms with van der Waals surface area (Å²) in [5.74, 6) is 1.12. The van der Waals surface area contributed by atoms with E-state index in [9.17, 15) is 4.79 Å². The van der Waals surface area contributed by atoms with E-state index in [1.165, 1.54) is 11.9 Å². The number of rotatable bonds is 5. The molecule has 0 bridgehead atoms. The van der Waals surface area contributed by atoms with E-state index < -0.39 is 0 Å². The van der Waals surface area contributed by atoms with Crippen molar-refractivity contribution < 1.29 is 4.79 Å². The smallest absolute Gasteiger partial charge is 0.239 e.